The van der Waals surface area contributed by atoms with Crippen LogP contribution in [0.4, 0.5) is 0 Å². The van der Waals surface area contributed by atoms with E-state index < -0.39 is 11.9 Å². The quantitative estimate of drug-likeness (QED) is 0.748. The molecule has 0 spiro atoms. The highest BCUT2D eigenvalue weighted by Crippen LogP contribution is 2.23. The first-order valence-electron chi connectivity index (χ1n) is 6.97. The van der Waals surface area contributed by atoms with Gasteiger partial charge in [0.05, 0.1) is 25.2 Å². The smallest absolute Gasteiger partial charge is 0.311 e. The van der Waals surface area contributed by atoms with Crippen LogP contribution in [0.15, 0.2) is 0 Å². The number of nitrogens with zero attached hydrogens (tertiary/aromatic N) is 1. The first kappa shape index (κ1) is 14.3. The molecule has 2 N–H and O–H groups in total. The first-order valence-corrected chi connectivity index (χ1v) is 6.97. The number of amides is 1. The van der Waals surface area contributed by atoms with Gasteiger partial charge < -0.3 is 20.1 Å². The molecule has 2 heterocycles. The molecule has 2 rings (SSSR count). The van der Waals surface area contributed by atoms with Crippen LogP contribution in [0, 0.1) is 11.8 Å². The summed E-state index contributed by atoms with van der Waals surface area (Å²) in [5, 5.41) is 12.4. The standard InChI is InChI=1S/C13H22N2O4/c1-2-15(11-8-19-7-10(11)13(17)18)12(16)9-4-3-5-14-6-9/h9-11,14H,2-8H2,1H3,(H,17,18). The van der Waals surface area contributed by atoms with Gasteiger partial charge >= 0.3 is 5.97 Å². The summed E-state index contributed by atoms with van der Waals surface area (Å²) in [5.41, 5.74) is 0. The van der Waals surface area contributed by atoms with Crippen molar-refractivity contribution in [3.63, 3.8) is 0 Å². The fraction of sp³-hybridized carbons (Fsp3) is 0.846. The lowest BCUT2D eigenvalue weighted by molar-refractivity contribution is -0.146. The van der Waals surface area contributed by atoms with Gasteiger partial charge in [-0.3, -0.25) is 9.59 Å². The van der Waals surface area contributed by atoms with Crippen molar-refractivity contribution in [1.29, 1.82) is 0 Å². The van der Waals surface area contributed by atoms with Crippen molar-refractivity contribution in [3.05, 3.63) is 0 Å². The molecule has 0 radical (unpaired) electrons. The molecule has 0 aliphatic carbocycles. The molecule has 2 fully saturated rings. The van der Waals surface area contributed by atoms with E-state index in [0.717, 1.165) is 19.4 Å². The van der Waals surface area contributed by atoms with Crippen molar-refractivity contribution in [2.45, 2.75) is 25.8 Å². The molecule has 6 heteroatoms. The molecule has 0 aromatic carbocycles. The normalized spacial score (nSPS) is 31.1. The molecule has 2 aliphatic rings. The summed E-state index contributed by atoms with van der Waals surface area (Å²) in [4.78, 5) is 25.4. The molecule has 19 heavy (non-hydrogen) atoms. The third-order valence-corrected chi connectivity index (χ3v) is 4.04. The number of hydrogen-bond donors (Lipinski definition) is 2. The number of nitrogens with one attached hydrogen (secondary N) is 1. The van der Waals surface area contributed by atoms with E-state index in [-0.39, 0.29) is 24.5 Å². The van der Waals surface area contributed by atoms with E-state index in [4.69, 9.17) is 4.74 Å². The molecule has 0 saturated carbocycles. The largest absolute Gasteiger partial charge is 0.481 e. The van der Waals surface area contributed by atoms with Crippen molar-refractivity contribution in [2.75, 3.05) is 32.8 Å². The van der Waals surface area contributed by atoms with Crippen LogP contribution >= 0.6 is 0 Å². The number of carbonyl (C=O) groups excluding carboxylic acids is 1. The number of aliphatic carboxylic acids is 1. The highest BCUT2D eigenvalue weighted by molar-refractivity contribution is 5.81. The molecule has 3 atom stereocenters. The first-order chi connectivity index (χ1) is 9.15. The Kier molecular flexibility index (Phi) is 4.76. The average Bonchev–Trinajstić information content (AvgIpc) is 2.90. The summed E-state index contributed by atoms with van der Waals surface area (Å²) in [6, 6.07) is -0.322. The van der Waals surface area contributed by atoms with Crippen LogP contribution in [-0.4, -0.2) is 60.8 Å². The number of carboxylic acids is 1. The summed E-state index contributed by atoms with van der Waals surface area (Å²) < 4.78 is 5.26. The summed E-state index contributed by atoms with van der Waals surface area (Å²) in [7, 11) is 0. The minimum atomic E-state index is -0.879. The van der Waals surface area contributed by atoms with E-state index in [0.29, 0.717) is 19.7 Å². The van der Waals surface area contributed by atoms with Crippen molar-refractivity contribution in [3.8, 4) is 0 Å². The van der Waals surface area contributed by atoms with E-state index >= 15 is 0 Å². The Labute approximate surface area is 113 Å². The van der Waals surface area contributed by atoms with Crippen molar-refractivity contribution >= 4 is 11.9 Å². The molecule has 0 bridgehead atoms. The number of piperidine rings is 1. The third-order valence-electron chi connectivity index (χ3n) is 4.04. The fourth-order valence-corrected chi connectivity index (χ4v) is 2.94. The molecule has 0 aromatic heterocycles. The Balaban J connectivity index is 2.05. The maximum atomic E-state index is 12.5. The predicted octanol–water partition coefficient (Wildman–Crippen LogP) is -0.0659. The summed E-state index contributed by atoms with van der Waals surface area (Å²) in [6.07, 6.45) is 1.88. The average molecular weight is 270 g/mol. The summed E-state index contributed by atoms with van der Waals surface area (Å²) in [6.45, 7) is 4.61. The van der Waals surface area contributed by atoms with Crippen LogP contribution in [-0.2, 0) is 14.3 Å². The Hall–Kier alpha value is -1.14. The van der Waals surface area contributed by atoms with Gasteiger partial charge in [0.1, 0.15) is 5.92 Å². The van der Waals surface area contributed by atoms with Crippen LogP contribution in [0.3, 0.4) is 0 Å². The minimum absolute atomic E-state index is 0.0243. The van der Waals surface area contributed by atoms with Gasteiger partial charge in [-0.1, -0.05) is 0 Å². The maximum absolute atomic E-state index is 12.5. The maximum Gasteiger partial charge on any atom is 0.311 e. The Morgan fingerprint density at radius 1 is 1.42 bits per heavy atom. The Bertz CT molecular complexity index is 342. The molecule has 2 aliphatic heterocycles. The zero-order valence-corrected chi connectivity index (χ0v) is 11.3. The lowest BCUT2D eigenvalue weighted by Gasteiger charge is -2.34. The molecule has 6 nitrogen and oxygen atoms in total. The van der Waals surface area contributed by atoms with Crippen LogP contribution < -0.4 is 5.32 Å². The Morgan fingerprint density at radius 2 is 2.21 bits per heavy atom. The second kappa shape index (κ2) is 6.34. The highest BCUT2D eigenvalue weighted by Gasteiger charge is 2.40. The van der Waals surface area contributed by atoms with E-state index in [1.165, 1.54) is 0 Å². The zero-order valence-electron chi connectivity index (χ0n) is 11.3. The molecule has 108 valence electrons. The molecular weight excluding hydrogens is 248 g/mol. The van der Waals surface area contributed by atoms with Crippen LogP contribution in [0.1, 0.15) is 19.8 Å². The second-order valence-electron chi connectivity index (χ2n) is 5.22. The topological polar surface area (TPSA) is 78.9 Å². The monoisotopic (exact) mass is 270 g/mol. The lowest BCUT2D eigenvalue weighted by Crippen LogP contribution is -2.51. The van der Waals surface area contributed by atoms with Crippen molar-refractivity contribution in [2.24, 2.45) is 11.8 Å². The highest BCUT2D eigenvalue weighted by atomic mass is 16.5. The van der Waals surface area contributed by atoms with Gasteiger partial charge in [0.15, 0.2) is 0 Å². The second-order valence-corrected chi connectivity index (χ2v) is 5.22. The van der Waals surface area contributed by atoms with E-state index in [1.54, 1.807) is 4.90 Å². The van der Waals surface area contributed by atoms with Crippen molar-refractivity contribution in [1.82, 2.24) is 10.2 Å². The zero-order chi connectivity index (χ0) is 13.8. The van der Waals surface area contributed by atoms with Crippen LogP contribution in [0.2, 0.25) is 0 Å². The van der Waals surface area contributed by atoms with E-state index in [2.05, 4.69) is 5.32 Å². The van der Waals surface area contributed by atoms with E-state index in [9.17, 15) is 14.7 Å². The number of carbonyl (C=O) groups is 2. The molecular formula is C13H22N2O4. The van der Waals surface area contributed by atoms with Gasteiger partial charge in [-0.2, -0.15) is 0 Å². The predicted molar refractivity (Wildman–Crippen MR) is 68.7 cm³/mol. The third kappa shape index (κ3) is 3.06. The molecule has 3 unspecified atom stereocenters. The molecule has 1 amide bonds. The van der Waals surface area contributed by atoms with Crippen LogP contribution in [0.5, 0.6) is 0 Å². The fourth-order valence-electron chi connectivity index (χ4n) is 2.94. The molecule has 2 saturated heterocycles. The van der Waals surface area contributed by atoms with Gasteiger partial charge in [-0.15, -0.1) is 0 Å². The summed E-state index contributed by atoms with van der Waals surface area (Å²) in [5.74, 6) is -1.43. The van der Waals surface area contributed by atoms with E-state index in [1.807, 2.05) is 6.92 Å². The SMILES string of the molecule is CCN(C(=O)C1CCCNC1)C1COCC1C(=O)O. The van der Waals surface area contributed by atoms with Crippen molar-refractivity contribution < 1.29 is 19.4 Å². The molecule has 0 aromatic rings. The number of likely N-dealkylation sites (N-methyl/N-ethyl adjacent to an activating group) is 1. The number of ether oxygens (including phenoxy) is 1. The van der Waals surface area contributed by atoms with Gasteiger partial charge in [0.25, 0.3) is 0 Å². The Morgan fingerprint density at radius 3 is 2.79 bits per heavy atom. The number of rotatable bonds is 4. The lowest BCUT2D eigenvalue weighted by atomic mass is 9.95. The van der Waals surface area contributed by atoms with Gasteiger partial charge in [-0.05, 0) is 26.3 Å². The van der Waals surface area contributed by atoms with Crippen LogP contribution in [0.25, 0.3) is 0 Å². The van der Waals surface area contributed by atoms with Gasteiger partial charge in [0.2, 0.25) is 5.91 Å². The number of carboxylic acid groups (broad SMARTS) is 1. The minimum Gasteiger partial charge on any atom is -0.481 e. The van der Waals surface area contributed by atoms with Gasteiger partial charge in [0, 0.05) is 13.1 Å². The summed E-state index contributed by atoms with van der Waals surface area (Å²) >= 11 is 0. The number of hydrogen-bond acceptors (Lipinski definition) is 4. The van der Waals surface area contributed by atoms with Gasteiger partial charge in [-0.25, -0.2) is 0 Å².